The van der Waals surface area contributed by atoms with Crippen molar-refractivity contribution in [1.82, 2.24) is 0 Å². The Bertz CT molecular complexity index is 508. The van der Waals surface area contributed by atoms with Gasteiger partial charge in [-0.25, -0.2) is 0 Å². The molecule has 0 saturated carbocycles. The molecule has 0 aromatic heterocycles. The molecule has 2 aromatic rings. The van der Waals surface area contributed by atoms with E-state index in [0.29, 0.717) is 0 Å². The Labute approximate surface area is 108 Å². The monoisotopic (exact) mass is 242 g/mol. The third-order valence-corrected chi connectivity index (χ3v) is 3.26. The zero-order chi connectivity index (χ0) is 13.1. The standard InChI is InChI=1S/C16H18O2/c1-11-3-5-13(9-17)7-15(11)16-8-14(10-18)6-4-12(16)2/h3-8,17-18H,9-10H2,1-2H3. The van der Waals surface area contributed by atoms with Crippen molar-refractivity contribution in [3.05, 3.63) is 58.7 Å². The molecule has 0 unspecified atom stereocenters. The van der Waals surface area contributed by atoms with Crippen LogP contribution in [0, 0.1) is 13.8 Å². The quantitative estimate of drug-likeness (QED) is 0.868. The molecule has 18 heavy (non-hydrogen) atoms. The SMILES string of the molecule is Cc1ccc(CO)cc1-c1cc(CO)ccc1C. The van der Waals surface area contributed by atoms with Gasteiger partial charge in [0.2, 0.25) is 0 Å². The van der Waals surface area contributed by atoms with Gasteiger partial charge in [0.15, 0.2) is 0 Å². The molecule has 0 bridgehead atoms. The Balaban J connectivity index is 2.60. The molecule has 94 valence electrons. The number of aryl methyl sites for hydroxylation is 2. The van der Waals surface area contributed by atoms with Crippen LogP contribution in [-0.2, 0) is 13.2 Å². The van der Waals surface area contributed by atoms with E-state index in [1.54, 1.807) is 0 Å². The highest BCUT2D eigenvalue weighted by molar-refractivity contribution is 5.71. The van der Waals surface area contributed by atoms with Crippen LogP contribution in [0.4, 0.5) is 0 Å². The Kier molecular flexibility index (Phi) is 3.80. The number of hydrogen-bond donors (Lipinski definition) is 2. The molecular formula is C16H18O2. The summed E-state index contributed by atoms with van der Waals surface area (Å²) >= 11 is 0. The Hall–Kier alpha value is -1.64. The van der Waals surface area contributed by atoms with Crippen LogP contribution in [-0.4, -0.2) is 10.2 Å². The third-order valence-electron chi connectivity index (χ3n) is 3.26. The first-order chi connectivity index (χ1) is 8.65. The first-order valence-electron chi connectivity index (χ1n) is 6.07. The molecule has 0 aliphatic carbocycles. The summed E-state index contributed by atoms with van der Waals surface area (Å²) in [4.78, 5) is 0. The van der Waals surface area contributed by atoms with Crippen LogP contribution in [0.2, 0.25) is 0 Å². The molecule has 0 amide bonds. The summed E-state index contributed by atoms with van der Waals surface area (Å²) in [7, 11) is 0. The highest BCUT2D eigenvalue weighted by atomic mass is 16.3. The van der Waals surface area contributed by atoms with Crippen molar-refractivity contribution < 1.29 is 10.2 Å². The Morgan fingerprint density at radius 3 is 1.44 bits per heavy atom. The van der Waals surface area contributed by atoms with Gasteiger partial charge in [0.1, 0.15) is 0 Å². The lowest BCUT2D eigenvalue weighted by Crippen LogP contribution is -1.93. The number of hydrogen-bond acceptors (Lipinski definition) is 2. The second-order valence-electron chi connectivity index (χ2n) is 4.61. The summed E-state index contributed by atoms with van der Waals surface area (Å²) in [5.74, 6) is 0. The van der Waals surface area contributed by atoms with Crippen LogP contribution in [0.25, 0.3) is 11.1 Å². The van der Waals surface area contributed by atoms with E-state index in [0.717, 1.165) is 22.3 Å². The van der Waals surface area contributed by atoms with E-state index in [-0.39, 0.29) is 13.2 Å². The number of rotatable bonds is 3. The molecule has 0 fully saturated rings. The first-order valence-corrected chi connectivity index (χ1v) is 6.07. The summed E-state index contributed by atoms with van der Waals surface area (Å²) in [5.41, 5.74) is 6.40. The molecule has 0 atom stereocenters. The summed E-state index contributed by atoms with van der Waals surface area (Å²) in [6, 6.07) is 11.9. The van der Waals surface area contributed by atoms with Gasteiger partial charge in [-0.3, -0.25) is 0 Å². The molecule has 2 rings (SSSR count). The zero-order valence-electron chi connectivity index (χ0n) is 10.8. The van der Waals surface area contributed by atoms with E-state index in [2.05, 4.69) is 13.8 Å². The third kappa shape index (κ3) is 2.45. The molecule has 2 nitrogen and oxygen atoms in total. The van der Waals surface area contributed by atoms with Crippen molar-refractivity contribution in [3.63, 3.8) is 0 Å². The smallest absolute Gasteiger partial charge is 0.0682 e. The summed E-state index contributed by atoms with van der Waals surface area (Å²) in [5, 5.41) is 18.5. The van der Waals surface area contributed by atoms with Crippen LogP contribution in [0.3, 0.4) is 0 Å². The number of aliphatic hydroxyl groups excluding tert-OH is 2. The molecular weight excluding hydrogens is 224 g/mol. The van der Waals surface area contributed by atoms with Gasteiger partial charge in [0.25, 0.3) is 0 Å². The van der Waals surface area contributed by atoms with Gasteiger partial charge in [-0.1, -0.05) is 24.3 Å². The van der Waals surface area contributed by atoms with Crippen molar-refractivity contribution in [2.24, 2.45) is 0 Å². The fourth-order valence-corrected chi connectivity index (χ4v) is 2.12. The average molecular weight is 242 g/mol. The van der Waals surface area contributed by atoms with E-state index in [9.17, 15) is 10.2 Å². The fourth-order valence-electron chi connectivity index (χ4n) is 2.12. The van der Waals surface area contributed by atoms with E-state index < -0.39 is 0 Å². The van der Waals surface area contributed by atoms with E-state index >= 15 is 0 Å². The first kappa shape index (κ1) is 12.8. The molecule has 2 aromatic carbocycles. The topological polar surface area (TPSA) is 40.5 Å². The van der Waals surface area contributed by atoms with Gasteiger partial charge in [0, 0.05) is 0 Å². The van der Waals surface area contributed by atoms with Crippen molar-refractivity contribution >= 4 is 0 Å². The minimum absolute atomic E-state index is 0.0476. The number of aliphatic hydroxyl groups is 2. The number of benzene rings is 2. The van der Waals surface area contributed by atoms with Gasteiger partial charge in [0.05, 0.1) is 13.2 Å². The molecule has 0 saturated heterocycles. The maximum Gasteiger partial charge on any atom is 0.0682 e. The second kappa shape index (κ2) is 5.34. The van der Waals surface area contributed by atoms with Crippen molar-refractivity contribution in [2.75, 3.05) is 0 Å². The van der Waals surface area contributed by atoms with E-state index in [1.807, 2.05) is 36.4 Å². The largest absolute Gasteiger partial charge is 0.392 e. The molecule has 2 N–H and O–H groups in total. The maximum absolute atomic E-state index is 9.23. The van der Waals surface area contributed by atoms with Crippen molar-refractivity contribution in [3.8, 4) is 11.1 Å². The lowest BCUT2D eigenvalue weighted by atomic mass is 9.93. The highest BCUT2D eigenvalue weighted by Gasteiger charge is 2.07. The molecule has 0 radical (unpaired) electrons. The van der Waals surface area contributed by atoms with Crippen LogP contribution in [0.5, 0.6) is 0 Å². The molecule has 0 aliphatic heterocycles. The maximum atomic E-state index is 9.23. The van der Waals surface area contributed by atoms with Crippen molar-refractivity contribution in [2.45, 2.75) is 27.1 Å². The van der Waals surface area contributed by atoms with Gasteiger partial charge in [-0.15, -0.1) is 0 Å². The van der Waals surface area contributed by atoms with Crippen molar-refractivity contribution in [1.29, 1.82) is 0 Å². The van der Waals surface area contributed by atoms with Crippen LogP contribution in [0.1, 0.15) is 22.3 Å². The minimum atomic E-state index is 0.0476. The predicted molar refractivity (Wildman–Crippen MR) is 73.2 cm³/mol. The zero-order valence-corrected chi connectivity index (χ0v) is 10.8. The summed E-state index contributed by atoms with van der Waals surface area (Å²) < 4.78 is 0. The Morgan fingerprint density at radius 2 is 1.11 bits per heavy atom. The van der Waals surface area contributed by atoms with Crippen LogP contribution >= 0.6 is 0 Å². The summed E-state index contributed by atoms with van der Waals surface area (Å²) in [6.07, 6.45) is 0. The molecule has 0 heterocycles. The minimum Gasteiger partial charge on any atom is -0.392 e. The average Bonchev–Trinajstić information content (AvgIpc) is 2.40. The molecule has 0 spiro atoms. The van der Waals surface area contributed by atoms with Crippen LogP contribution in [0.15, 0.2) is 36.4 Å². The van der Waals surface area contributed by atoms with Gasteiger partial charge >= 0.3 is 0 Å². The lowest BCUT2D eigenvalue weighted by Gasteiger charge is -2.12. The summed E-state index contributed by atoms with van der Waals surface area (Å²) in [6.45, 7) is 4.21. The van der Waals surface area contributed by atoms with E-state index in [4.69, 9.17) is 0 Å². The fraction of sp³-hybridized carbons (Fsp3) is 0.250. The van der Waals surface area contributed by atoms with Gasteiger partial charge < -0.3 is 10.2 Å². The van der Waals surface area contributed by atoms with E-state index in [1.165, 1.54) is 11.1 Å². The van der Waals surface area contributed by atoms with Gasteiger partial charge in [-0.2, -0.15) is 0 Å². The predicted octanol–water partition coefficient (Wildman–Crippen LogP) is 2.96. The molecule has 0 aliphatic rings. The lowest BCUT2D eigenvalue weighted by molar-refractivity contribution is 0.281. The van der Waals surface area contributed by atoms with Crippen LogP contribution < -0.4 is 0 Å². The second-order valence-corrected chi connectivity index (χ2v) is 4.61. The van der Waals surface area contributed by atoms with Gasteiger partial charge in [-0.05, 0) is 59.4 Å². The Morgan fingerprint density at radius 1 is 0.722 bits per heavy atom. The highest BCUT2D eigenvalue weighted by Crippen LogP contribution is 2.28. The normalized spacial score (nSPS) is 10.7. The molecule has 2 heteroatoms.